The smallest absolute Gasteiger partial charge is 0.352 e. The van der Waals surface area contributed by atoms with E-state index in [9.17, 15) is 13.6 Å². The maximum Gasteiger partial charge on any atom is 0.352 e. The number of halogens is 2. The maximum atomic E-state index is 13.3. The Bertz CT molecular complexity index is 659. The predicted octanol–water partition coefficient (Wildman–Crippen LogP) is 3.47. The summed E-state index contributed by atoms with van der Waals surface area (Å²) < 4.78 is 27.9. The Hall–Kier alpha value is -2.17. The maximum absolute atomic E-state index is 13.3. The fourth-order valence-corrected chi connectivity index (χ4v) is 2.24. The van der Waals surface area contributed by atoms with Crippen LogP contribution < -0.4 is 0 Å². The van der Waals surface area contributed by atoms with Gasteiger partial charge in [-0.3, -0.25) is 0 Å². The molecule has 1 N–H and O–H groups in total. The number of carboxylic acid groups (broad SMARTS) is 1. The molecule has 1 aliphatic rings. The van der Waals surface area contributed by atoms with Crippen molar-refractivity contribution in [2.45, 2.75) is 18.9 Å². The predicted molar refractivity (Wildman–Crippen MR) is 65.0 cm³/mol. The Labute approximate surface area is 108 Å². The second-order valence-corrected chi connectivity index (χ2v) is 4.64. The zero-order valence-electron chi connectivity index (χ0n) is 9.94. The van der Waals surface area contributed by atoms with E-state index in [0.717, 1.165) is 25.0 Å². The summed E-state index contributed by atoms with van der Waals surface area (Å²) >= 11 is 0. The van der Waals surface area contributed by atoms with Crippen LogP contribution in [0.25, 0.3) is 11.3 Å². The molecular weight excluding hydrogens is 252 g/mol. The third-order valence-electron chi connectivity index (χ3n) is 3.26. The van der Waals surface area contributed by atoms with Crippen molar-refractivity contribution in [3.05, 3.63) is 47.7 Å². The lowest BCUT2D eigenvalue weighted by Gasteiger charge is -2.10. The standard InChI is InChI=1S/C14H11F2NO2/c15-10-4-1-8(7-11(10)16)12-5-6-13(14(18)19)17(12)9-2-3-9/h1,4-7,9H,2-3H2,(H,18,19). The van der Waals surface area contributed by atoms with Crippen LogP contribution in [-0.4, -0.2) is 15.6 Å². The molecule has 1 aromatic heterocycles. The highest BCUT2D eigenvalue weighted by Gasteiger charge is 2.30. The van der Waals surface area contributed by atoms with Gasteiger partial charge < -0.3 is 9.67 Å². The number of rotatable bonds is 3. The van der Waals surface area contributed by atoms with Gasteiger partial charge in [0.25, 0.3) is 0 Å². The highest BCUT2D eigenvalue weighted by atomic mass is 19.2. The Morgan fingerprint density at radius 1 is 1.16 bits per heavy atom. The molecule has 3 rings (SSSR count). The number of nitrogens with zero attached hydrogens (tertiary/aromatic N) is 1. The van der Waals surface area contributed by atoms with Gasteiger partial charge in [-0.1, -0.05) is 0 Å². The molecule has 0 atom stereocenters. The van der Waals surface area contributed by atoms with E-state index in [1.165, 1.54) is 12.1 Å². The minimum absolute atomic E-state index is 0.143. The van der Waals surface area contributed by atoms with E-state index < -0.39 is 17.6 Å². The number of carboxylic acids is 1. The van der Waals surface area contributed by atoms with Crippen LogP contribution in [0.4, 0.5) is 8.78 Å². The Morgan fingerprint density at radius 3 is 2.47 bits per heavy atom. The number of hydrogen-bond donors (Lipinski definition) is 1. The Kier molecular flexibility index (Phi) is 2.62. The summed E-state index contributed by atoms with van der Waals surface area (Å²) in [6.45, 7) is 0. The number of hydrogen-bond acceptors (Lipinski definition) is 1. The molecule has 2 aromatic rings. The van der Waals surface area contributed by atoms with E-state index in [4.69, 9.17) is 5.11 Å². The first-order valence-electron chi connectivity index (χ1n) is 5.98. The van der Waals surface area contributed by atoms with Crippen LogP contribution in [0.2, 0.25) is 0 Å². The molecule has 1 aliphatic carbocycles. The molecule has 98 valence electrons. The highest BCUT2D eigenvalue weighted by Crippen LogP contribution is 2.40. The van der Waals surface area contributed by atoms with Gasteiger partial charge in [0.2, 0.25) is 0 Å². The highest BCUT2D eigenvalue weighted by molar-refractivity contribution is 5.87. The van der Waals surface area contributed by atoms with E-state index in [-0.39, 0.29) is 11.7 Å². The summed E-state index contributed by atoms with van der Waals surface area (Å²) in [6, 6.07) is 6.87. The van der Waals surface area contributed by atoms with Crippen LogP contribution in [0.15, 0.2) is 30.3 Å². The lowest BCUT2D eigenvalue weighted by Crippen LogP contribution is -2.08. The first-order valence-corrected chi connectivity index (χ1v) is 5.98. The monoisotopic (exact) mass is 263 g/mol. The molecule has 3 nitrogen and oxygen atoms in total. The zero-order chi connectivity index (χ0) is 13.6. The van der Waals surface area contributed by atoms with Gasteiger partial charge in [-0.2, -0.15) is 0 Å². The number of carbonyl (C=O) groups is 1. The summed E-state index contributed by atoms with van der Waals surface area (Å²) in [4.78, 5) is 11.2. The minimum Gasteiger partial charge on any atom is -0.477 e. The summed E-state index contributed by atoms with van der Waals surface area (Å²) in [5, 5.41) is 9.15. The van der Waals surface area contributed by atoms with Crippen LogP contribution >= 0.6 is 0 Å². The van der Waals surface area contributed by atoms with Crippen LogP contribution in [0, 0.1) is 11.6 Å². The molecule has 1 aromatic carbocycles. The van der Waals surface area contributed by atoms with Crippen molar-refractivity contribution in [1.29, 1.82) is 0 Å². The fraction of sp³-hybridized carbons (Fsp3) is 0.214. The molecule has 0 amide bonds. The zero-order valence-corrected chi connectivity index (χ0v) is 9.94. The minimum atomic E-state index is -1.01. The third kappa shape index (κ3) is 2.01. The van der Waals surface area contributed by atoms with E-state index >= 15 is 0 Å². The summed E-state index contributed by atoms with van der Waals surface area (Å²) in [6.07, 6.45) is 1.82. The second-order valence-electron chi connectivity index (χ2n) is 4.64. The average molecular weight is 263 g/mol. The molecule has 1 fully saturated rings. The van der Waals surface area contributed by atoms with Gasteiger partial charge in [-0.05, 0) is 43.2 Å². The van der Waals surface area contributed by atoms with Gasteiger partial charge >= 0.3 is 5.97 Å². The van der Waals surface area contributed by atoms with Crippen LogP contribution in [0.3, 0.4) is 0 Å². The molecule has 0 spiro atoms. The Morgan fingerprint density at radius 2 is 1.89 bits per heavy atom. The van der Waals surface area contributed by atoms with Crippen LogP contribution in [-0.2, 0) is 0 Å². The number of benzene rings is 1. The van der Waals surface area contributed by atoms with E-state index in [0.29, 0.717) is 11.3 Å². The van der Waals surface area contributed by atoms with Crippen LogP contribution in [0.5, 0.6) is 0 Å². The number of aromatic nitrogens is 1. The first-order chi connectivity index (χ1) is 9.08. The van der Waals surface area contributed by atoms with Crippen molar-refractivity contribution in [3.63, 3.8) is 0 Å². The van der Waals surface area contributed by atoms with Gasteiger partial charge in [-0.15, -0.1) is 0 Å². The largest absolute Gasteiger partial charge is 0.477 e. The van der Waals surface area contributed by atoms with Crippen molar-refractivity contribution < 1.29 is 18.7 Å². The molecule has 0 unspecified atom stereocenters. The fourth-order valence-electron chi connectivity index (χ4n) is 2.24. The average Bonchev–Trinajstić information content (AvgIpc) is 3.11. The molecule has 0 bridgehead atoms. The van der Waals surface area contributed by atoms with Gasteiger partial charge in [0, 0.05) is 17.3 Å². The molecule has 19 heavy (non-hydrogen) atoms. The van der Waals surface area contributed by atoms with Crippen molar-refractivity contribution >= 4 is 5.97 Å². The molecule has 0 aliphatic heterocycles. The number of aromatic carboxylic acids is 1. The van der Waals surface area contributed by atoms with Gasteiger partial charge in [0.05, 0.1) is 0 Å². The normalized spacial score (nSPS) is 14.6. The topological polar surface area (TPSA) is 42.2 Å². The van der Waals surface area contributed by atoms with Crippen LogP contribution in [0.1, 0.15) is 29.4 Å². The van der Waals surface area contributed by atoms with E-state index in [1.54, 1.807) is 10.6 Å². The van der Waals surface area contributed by atoms with E-state index in [1.807, 2.05) is 0 Å². The molecule has 0 radical (unpaired) electrons. The summed E-state index contributed by atoms with van der Waals surface area (Å²) in [7, 11) is 0. The third-order valence-corrected chi connectivity index (χ3v) is 3.26. The van der Waals surface area contributed by atoms with Crippen molar-refractivity contribution in [1.82, 2.24) is 4.57 Å². The van der Waals surface area contributed by atoms with Crippen molar-refractivity contribution in [2.75, 3.05) is 0 Å². The first kappa shape index (κ1) is 11.9. The molecule has 5 heteroatoms. The van der Waals surface area contributed by atoms with E-state index in [2.05, 4.69) is 0 Å². The van der Waals surface area contributed by atoms with Crippen molar-refractivity contribution in [3.8, 4) is 11.3 Å². The lowest BCUT2D eigenvalue weighted by molar-refractivity contribution is 0.0685. The van der Waals surface area contributed by atoms with Gasteiger partial charge in [0.1, 0.15) is 5.69 Å². The van der Waals surface area contributed by atoms with Crippen molar-refractivity contribution in [2.24, 2.45) is 0 Å². The molecule has 1 saturated carbocycles. The van der Waals surface area contributed by atoms with Gasteiger partial charge in [0.15, 0.2) is 11.6 Å². The lowest BCUT2D eigenvalue weighted by atomic mass is 10.1. The summed E-state index contributed by atoms with van der Waals surface area (Å²) in [5.74, 6) is -2.86. The SMILES string of the molecule is O=C(O)c1ccc(-c2ccc(F)c(F)c2)n1C1CC1. The molecular formula is C14H11F2NO2. The quantitative estimate of drug-likeness (QED) is 0.921. The molecule has 1 heterocycles. The van der Waals surface area contributed by atoms with Gasteiger partial charge in [-0.25, -0.2) is 13.6 Å². The Balaban J connectivity index is 2.14. The molecule has 0 saturated heterocycles. The second kappa shape index (κ2) is 4.19. The summed E-state index contributed by atoms with van der Waals surface area (Å²) in [5.41, 5.74) is 1.28.